The Morgan fingerprint density at radius 1 is 0.608 bits per heavy atom. The average molecular weight is 1030 g/mol. The number of nitrogens with one attached hydrogen (secondary N) is 7. The molecule has 0 radical (unpaired) electrons. The molecule has 74 heavy (non-hydrogen) atoms. The zero-order valence-corrected chi connectivity index (χ0v) is 46.5. The minimum absolute atomic E-state index is 0.0232. The molecule has 2 saturated carbocycles. The van der Waals surface area contributed by atoms with Crippen LogP contribution in [0.1, 0.15) is 167 Å². The summed E-state index contributed by atoms with van der Waals surface area (Å²) in [5.41, 5.74) is 5.10. The van der Waals surface area contributed by atoms with Crippen molar-refractivity contribution in [3.05, 3.63) is 29.3 Å². The van der Waals surface area contributed by atoms with E-state index in [1.54, 1.807) is 27.9 Å². The van der Waals surface area contributed by atoms with Gasteiger partial charge in [0.25, 0.3) is 5.91 Å². The van der Waals surface area contributed by atoms with Crippen molar-refractivity contribution >= 4 is 59.7 Å². The first-order valence-corrected chi connectivity index (χ1v) is 27.2. The molecular formula is C55H90N11O8+. The number of nitrogens with two attached hydrogens (primary N) is 1. The van der Waals surface area contributed by atoms with E-state index in [0.717, 1.165) is 64.2 Å². The predicted octanol–water partition coefficient (Wildman–Crippen LogP) is 3.24. The van der Waals surface area contributed by atoms with E-state index in [1.165, 1.54) is 32.6 Å². The van der Waals surface area contributed by atoms with Gasteiger partial charge in [0.15, 0.2) is 6.04 Å². The maximum Gasteiger partial charge on any atom is 0.419 e. The summed E-state index contributed by atoms with van der Waals surface area (Å²) < 4.78 is 1.22. The van der Waals surface area contributed by atoms with Crippen LogP contribution in [-0.4, -0.2) is 156 Å². The fourth-order valence-corrected chi connectivity index (χ4v) is 11.0. The first-order valence-electron chi connectivity index (χ1n) is 27.2. The summed E-state index contributed by atoms with van der Waals surface area (Å²) in [4.78, 5) is 116. The Balaban J connectivity index is 1.38. The van der Waals surface area contributed by atoms with Gasteiger partial charge in [0.2, 0.25) is 35.4 Å². The number of anilines is 1. The Morgan fingerprint density at radius 3 is 1.46 bits per heavy atom. The molecule has 4 fully saturated rings. The Morgan fingerprint density at radius 2 is 1.03 bits per heavy atom. The summed E-state index contributed by atoms with van der Waals surface area (Å²) in [6.07, 6.45) is 10.8. The highest BCUT2D eigenvalue weighted by Crippen LogP contribution is 2.32. The molecule has 0 spiro atoms. The molecule has 2 aliphatic heterocycles. The van der Waals surface area contributed by atoms with Crippen molar-refractivity contribution in [1.82, 2.24) is 47.0 Å². The van der Waals surface area contributed by atoms with Crippen LogP contribution in [0, 0.1) is 22.7 Å². The third-order valence-electron chi connectivity index (χ3n) is 16.2. The number of nitrogens with zero attached hydrogens (tertiary/aromatic N) is 3. The van der Waals surface area contributed by atoms with Crippen LogP contribution in [0.4, 0.5) is 5.69 Å². The van der Waals surface area contributed by atoms with Crippen molar-refractivity contribution in [1.29, 1.82) is 0 Å². The number of hydrogen-bond acceptors (Lipinski definition) is 11. The largest absolute Gasteiger partial charge is 0.419 e. The third kappa shape index (κ3) is 14.9. The van der Waals surface area contributed by atoms with E-state index >= 15 is 0 Å². The Hall–Kier alpha value is -5.43. The quantitative estimate of drug-likeness (QED) is 0.0602. The molecule has 1 aromatic rings. The molecule has 5 rings (SSSR count). The van der Waals surface area contributed by atoms with E-state index in [-0.39, 0.29) is 78.5 Å². The molecule has 10 atom stereocenters. The van der Waals surface area contributed by atoms with Gasteiger partial charge in [0, 0.05) is 42.3 Å². The highest BCUT2D eigenvalue weighted by atomic mass is 16.2. The van der Waals surface area contributed by atoms with Crippen LogP contribution >= 0.6 is 0 Å². The fraction of sp³-hybridized carbons (Fsp3) is 0.727. The number of carbonyl (C=O) groups is 8. The lowest BCUT2D eigenvalue weighted by molar-refractivity contribution is -0.459. The normalized spacial score (nSPS) is 23.4. The van der Waals surface area contributed by atoms with Gasteiger partial charge in [0.1, 0.15) is 30.9 Å². The van der Waals surface area contributed by atoms with Crippen LogP contribution in [0.5, 0.6) is 0 Å². The smallest absolute Gasteiger partial charge is 0.399 e. The van der Waals surface area contributed by atoms with Gasteiger partial charge in [-0.15, -0.1) is 0 Å². The van der Waals surface area contributed by atoms with Crippen molar-refractivity contribution in [3.63, 3.8) is 0 Å². The van der Waals surface area contributed by atoms with Crippen LogP contribution in [0.25, 0.3) is 0 Å². The van der Waals surface area contributed by atoms with Crippen molar-refractivity contribution in [2.75, 3.05) is 32.9 Å². The van der Waals surface area contributed by atoms with Gasteiger partial charge >= 0.3 is 5.91 Å². The minimum Gasteiger partial charge on any atom is -0.399 e. The molecule has 2 heterocycles. The second kappa shape index (κ2) is 25.4. The molecule has 10 unspecified atom stereocenters. The van der Waals surface area contributed by atoms with E-state index in [2.05, 4.69) is 43.9 Å². The van der Waals surface area contributed by atoms with Crippen LogP contribution in [0.2, 0.25) is 0 Å². The number of likely N-dealkylation sites (tertiary alicyclic amines) is 2. The highest BCUT2D eigenvalue weighted by Gasteiger charge is 2.50. The van der Waals surface area contributed by atoms with Gasteiger partial charge in [-0.2, -0.15) is 4.58 Å². The van der Waals surface area contributed by atoms with Crippen molar-refractivity contribution in [2.45, 2.75) is 207 Å². The Bertz CT molecular complexity index is 2230. The van der Waals surface area contributed by atoms with Gasteiger partial charge in [-0.05, 0) is 115 Å². The number of nitrogen functional groups attached to an aromatic ring is 1. The summed E-state index contributed by atoms with van der Waals surface area (Å²) in [5.74, 6) is -2.94. The SMILES string of the molecule is C=[N+](C(=O)c1cc(N)cc(C(=O)NC2CC(C(=O)NC(C)C3CCCCC3)N(C(=O)C(NC(=O)C(C)NC)C(C)(C)C)C2)c1)C1CC(C(=O)NC(C)C2CCCCC2)N(C(=O)C(NC(=O)C(C)NC)C(C)(C)C)C1. The lowest BCUT2D eigenvalue weighted by atomic mass is 9.84. The maximum atomic E-state index is 14.7. The second-order valence-corrected chi connectivity index (χ2v) is 24.0. The van der Waals surface area contributed by atoms with E-state index in [4.69, 9.17) is 5.73 Å². The van der Waals surface area contributed by atoms with Crippen molar-refractivity contribution in [2.24, 2.45) is 22.7 Å². The molecule has 8 amide bonds. The molecular weight excluding hydrogens is 943 g/mol. The van der Waals surface area contributed by atoms with Gasteiger partial charge in [-0.1, -0.05) is 80.1 Å². The second-order valence-electron chi connectivity index (χ2n) is 24.0. The highest BCUT2D eigenvalue weighted by molar-refractivity contribution is 6.00. The summed E-state index contributed by atoms with van der Waals surface area (Å²) in [5, 5.41) is 21.0. The standard InChI is InChI=1S/C55H89N11O8/c1-31(35-20-16-14-17-21-35)59-49(70)42-27-40(29-65(42)52(73)44(54(5,6)7)62-46(67)33(3)57-11)61-48(69)37-24-38(26-39(56)25-37)51(72)64(13)41-28-43(50(71)60-32(2)36-22-18-15-19-23-36)66(30-41)53(74)45(55(8,9)10)63-47(68)34(4)58-12/h24-26,31-36,40-45,57-58H,13-23,27-30,56H2,1-12H3,(H4-,59,60,61,62,63,67,68,69,70,71)/p+1. The number of hydrogen-bond donors (Lipinski definition) is 8. The number of rotatable bonds is 18. The monoisotopic (exact) mass is 1030 g/mol. The van der Waals surface area contributed by atoms with Crippen molar-refractivity contribution in [3.8, 4) is 0 Å². The molecule has 9 N–H and O–H groups in total. The van der Waals surface area contributed by atoms with Gasteiger partial charge < -0.3 is 52.8 Å². The fourth-order valence-electron chi connectivity index (χ4n) is 11.0. The van der Waals surface area contributed by atoms with Crippen LogP contribution in [0.15, 0.2) is 18.2 Å². The minimum atomic E-state index is -1.01. The number of amides is 8. The Labute approximate surface area is 439 Å². The zero-order valence-electron chi connectivity index (χ0n) is 46.5. The van der Waals surface area contributed by atoms with Crippen LogP contribution < -0.4 is 43.0 Å². The van der Waals surface area contributed by atoms with E-state index in [1.807, 2.05) is 55.4 Å². The number of likely N-dealkylation sites (N-methyl/N-ethyl adjacent to an activating group) is 2. The van der Waals surface area contributed by atoms with Crippen LogP contribution in [-0.2, 0) is 28.8 Å². The van der Waals surface area contributed by atoms with Gasteiger partial charge in [-0.25, -0.2) is 4.79 Å². The zero-order chi connectivity index (χ0) is 55.0. The molecule has 2 saturated heterocycles. The summed E-state index contributed by atoms with van der Waals surface area (Å²) in [6.45, 7) is 22.5. The molecule has 0 bridgehead atoms. The van der Waals surface area contributed by atoms with E-state index in [9.17, 15) is 38.4 Å². The average Bonchev–Trinajstić information content (AvgIpc) is 4.01. The molecule has 19 heteroatoms. The van der Waals surface area contributed by atoms with Gasteiger partial charge in [0.05, 0.1) is 24.2 Å². The summed E-state index contributed by atoms with van der Waals surface area (Å²) in [6, 6.07) is -2.57. The first-order chi connectivity index (χ1) is 34.7. The van der Waals surface area contributed by atoms with E-state index < -0.39 is 82.8 Å². The predicted molar refractivity (Wildman–Crippen MR) is 286 cm³/mol. The number of benzene rings is 1. The summed E-state index contributed by atoms with van der Waals surface area (Å²) in [7, 11) is 3.30. The third-order valence-corrected chi connectivity index (χ3v) is 16.2. The lowest BCUT2D eigenvalue weighted by Gasteiger charge is -2.36. The van der Waals surface area contributed by atoms with Gasteiger partial charge in [-0.3, -0.25) is 33.6 Å². The Kier molecular flexibility index (Phi) is 20.4. The topological polar surface area (TPSA) is 256 Å². The van der Waals surface area contributed by atoms with E-state index in [0.29, 0.717) is 11.8 Å². The molecule has 1 aromatic carbocycles. The molecule has 412 valence electrons. The van der Waals surface area contributed by atoms with Crippen molar-refractivity contribution < 1.29 is 42.9 Å². The lowest BCUT2D eigenvalue weighted by Crippen LogP contribution is -2.60. The first kappa shape index (κ1) is 59.4. The summed E-state index contributed by atoms with van der Waals surface area (Å²) >= 11 is 0. The maximum absolute atomic E-state index is 14.7. The molecule has 0 aromatic heterocycles. The number of carbonyl (C=O) groups excluding carboxylic acids is 8. The molecule has 2 aliphatic carbocycles. The molecule has 4 aliphatic rings. The molecule has 19 nitrogen and oxygen atoms in total. The van der Waals surface area contributed by atoms with Crippen LogP contribution in [0.3, 0.4) is 0 Å².